The van der Waals surface area contributed by atoms with Crippen molar-refractivity contribution >= 4 is 0 Å². The molecular weight excluding hydrogens is 256 g/mol. The van der Waals surface area contributed by atoms with Crippen molar-refractivity contribution in [2.75, 3.05) is 27.2 Å². The molecule has 0 aromatic heterocycles. The Kier molecular flexibility index (Phi) is 5.76. The molecule has 21 heavy (non-hydrogen) atoms. The van der Waals surface area contributed by atoms with Crippen LogP contribution in [-0.4, -0.2) is 49.1 Å². The van der Waals surface area contributed by atoms with Gasteiger partial charge in [0.25, 0.3) is 0 Å². The van der Waals surface area contributed by atoms with Gasteiger partial charge in [0.05, 0.1) is 0 Å². The molecule has 0 aromatic rings. The van der Waals surface area contributed by atoms with E-state index in [-0.39, 0.29) is 0 Å². The quantitative estimate of drug-likeness (QED) is 0.764. The molecule has 0 amide bonds. The number of piperidine rings is 2. The molecule has 0 saturated carbocycles. The van der Waals surface area contributed by atoms with Gasteiger partial charge in [-0.05, 0) is 70.0 Å². The molecule has 2 heterocycles. The Balaban J connectivity index is 1.93. The molecule has 0 bridgehead atoms. The SMILES string of the molecule is CC(C)C1CCC(CC(C)(C)C2CCCCN2C)N(C)C1. The van der Waals surface area contributed by atoms with Crippen LogP contribution in [-0.2, 0) is 0 Å². The predicted molar refractivity (Wildman–Crippen MR) is 92.6 cm³/mol. The van der Waals surface area contributed by atoms with Crippen molar-refractivity contribution in [3.63, 3.8) is 0 Å². The van der Waals surface area contributed by atoms with E-state index in [0.717, 1.165) is 23.9 Å². The Bertz CT molecular complexity index is 324. The third kappa shape index (κ3) is 4.22. The zero-order valence-electron chi connectivity index (χ0n) is 15.4. The Morgan fingerprint density at radius 2 is 1.71 bits per heavy atom. The largest absolute Gasteiger partial charge is 0.303 e. The van der Waals surface area contributed by atoms with E-state index in [2.05, 4.69) is 51.6 Å². The van der Waals surface area contributed by atoms with Crippen LogP contribution in [0.1, 0.15) is 66.2 Å². The number of rotatable bonds is 4. The highest BCUT2D eigenvalue weighted by Crippen LogP contribution is 2.39. The van der Waals surface area contributed by atoms with Crippen LogP contribution in [0.5, 0.6) is 0 Å². The van der Waals surface area contributed by atoms with Gasteiger partial charge in [0.1, 0.15) is 0 Å². The van der Waals surface area contributed by atoms with Crippen molar-refractivity contribution in [3.05, 3.63) is 0 Å². The summed E-state index contributed by atoms with van der Waals surface area (Å²) in [5.74, 6) is 1.75. The molecule has 3 unspecified atom stereocenters. The van der Waals surface area contributed by atoms with Gasteiger partial charge in [-0.25, -0.2) is 0 Å². The van der Waals surface area contributed by atoms with Crippen LogP contribution < -0.4 is 0 Å². The minimum absolute atomic E-state index is 0.443. The lowest BCUT2D eigenvalue weighted by molar-refractivity contribution is 0.0259. The standard InChI is InChI=1S/C19H38N2/c1-15(2)16-10-11-17(21(6)14-16)13-19(3,4)18-9-7-8-12-20(18)5/h15-18H,7-14H2,1-6H3. The zero-order chi connectivity index (χ0) is 15.6. The zero-order valence-corrected chi connectivity index (χ0v) is 15.4. The molecule has 2 heteroatoms. The minimum Gasteiger partial charge on any atom is -0.303 e. The lowest BCUT2D eigenvalue weighted by atomic mass is 9.72. The maximum atomic E-state index is 2.67. The van der Waals surface area contributed by atoms with Gasteiger partial charge in [0.15, 0.2) is 0 Å². The van der Waals surface area contributed by atoms with E-state index >= 15 is 0 Å². The van der Waals surface area contributed by atoms with Crippen LogP contribution in [0.4, 0.5) is 0 Å². The summed E-state index contributed by atoms with van der Waals surface area (Å²) in [7, 11) is 4.70. The van der Waals surface area contributed by atoms with Crippen LogP contribution in [0.25, 0.3) is 0 Å². The summed E-state index contributed by atoms with van der Waals surface area (Å²) in [6, 6.07) is 1.58. The first-order chi connectivity index (χ1) is 9.81. The van der Waals surface area contributed by atoms with Crippen molar-refractivity contribution in [2.45, 2.75) is 78.3 Å². The molecule has 124 valence electrons. The fourth-order valence-electron chi connectivity index (χ4n) is 4.84. The van der Waals surface area contributed by atoms with Crippen molar-refractivity contribution in [2.24, 2.45) is 17.3 Å². The van der Waals surface area contributed by atoms with E-state index in [4.69, 9.17) is 0 Å². The first kappa shape index (κ1) is 17.3. The number of hydrogen-bond donors (Lipinski definition) is 0. The predicted octanol–water partition coefficient (Wildman–Crippen LogP) is 4.25. The number of hydrogen-bond acceptors (Lipinski definition) is 2. The van der Waals surface area contributed by atoms with Gasteiger partial charge in [-0.3, -0.25) is 0 Å². The van der Waals surface area contributed by atoms with Crippen LogP contribution in [0.2, 0.25) is 0 Å². The highest BCUT2D eigenvalue weighted by atomic mass is 15.2. The highest BCUT2D eigenvalue weighted by molar-refractivity contribution is 4.92. The molecule has 3 atom stereocenters. The molecule has 0 aliphatic carbocycles. The first-order valence-electron chi connectivity index (χ1n) is 9.21. The molecule has 0 aromatic carbocycles. The van der Waals surface area contributed by atoms with Crippen LogP contribution in [0.3, 0.4) is 0 Å². The summed E-state index contributed by atoms with van der Waals surface area (Å²) in [5, 5.41) is 0. The Morgan fingerprint density at radius 1 is 1.00 bits per heavy atom. The highest BCUT2D eigenvalue weighted by Gasteiger charge is 2.38. The molecule has 2 aliphatic rings. The fraction of sp³-hybridized carbons (Fsp3) is 1.00. The van der Waals surface area contributed by atoms with Gasteiger partial charge in [-0.2, -0.15) is 0 Å². The molecular formula is C19H38N2. The van der Waals surface area contributed by atoms with Gasteiger partial charge >= 0.3 is 0 Å². The summed E-state index contributed by atoms with van der Waals surface area (Å²) in [4.78, 5) is 5.29. The van der Waals surface area contributed by atoms with Crippen molar-refractivity contribution in [1.29, 1.82) is 0 Å². The van der Waals surface area contributed by atoms with Gasteiger partial charge < -0.3 is 9.80 Å². The van der Waals surface area contributed by atoms with E-state index in [1.54, 1.807) is 0 Å². The molecule has 2 saturated heterocycles. The molecule has 0 N–H and O–H groups in total. The Hall–Kier alpha value is -0.0800. The third-order valence-corrected chi connectivity index (χ3v) is 6.39. The number of nitrogens with zero attached hydrogens (tertiary/aromatic N) is 2. The van der Waals surface area contributed by atoms with E-state index < -0.39 is 0 Å². The van der Waals surface area contributed by atoms with E-state index in [1.165, 1.54) is 51.6 Å². The maximum absolute atomic E-state index is 2.67. The Morgan fingerprint density at radius 3 is 2.29 bits per heavy atom. The molecule has 2 nitrogen and oxygen atoms in total. The lowest BCUT2D eigenvalue weighted by Gasteiger charge is -2.48. The first-order valence-corrected chi connectivity index (χ1v) is 9.21. The van der Waals surface area contributed by atoms with Crippen molar-refractivity contribution < 1.29 is 0 Å². The van der Waals surface area contributed by atoms with Gasteiger partial charge in [-0.1, -0.05) is 34.1 Å². The summed E-state index contributed by atoms with van der Waals surface area (Å²) >= 11 is 0. The third-order valence-electron chi connectivity index (χ3n) is 6.39. The second kappa shape index (κ2) is 7.00. The Labute approximate surface area is 133 Å². The smallest absolute Gasteiger partial charge is 0.0144 e. The molecule has 0 radical (unpaired) electrons. The molecule has 0 spiro atoms. The second-order valence-corrected chi connectivity index (χ2v) is 8.86. The fourth-order valence-corrected chi connectivity index (χ4v) is 4.84. The maximum Gasteiger partial charge on any atom is 0.0144 e. The average Bonchev–Trinajstić information content (AvgIpc) is 2.41. The van der Waals surface area contributed by atoms with Crippen molar-refractivity contribution in [1.82, 2.24) is 9.80 Å². The summed E-state index contributed by atoms with van der Waals surface area (Å²) in [6.07, 6.45) is 8.41. The van der Waals surface area contributed by atoms with Gasteiger partial charge in [-0.15, -0.1) is 0 Å². The monoisotopic (exact) mass is 294 g/mol. The molecule has 2 fully saturated rings. The van der Waals surface area contributed by atoms with E-state index in [0.29, 0.717) is 5.41 Å². The van der Waals surface area contributed by atoms with E-state index in [9.17, 15) is 0 Å². The minimum atomic E-state index is 0.443. The average molecular weight is 295 g/mol. The normalized spacial score (nSPS) is 33.6. The van der Waals surface area contributed by atoms with Crippen molar-refractivity contribution in [3.8, 4) is 0 Å². The lowest BCUT2D eigenvalue weighted by Crippen LogP contribution is -2.50. The van der Waals surface area contributed by atoms with Crippen LogP contribution in [0.15, 0.2) is 0 Å². The summed E-state index contributed by atoms with van der Waals surface area (Å²) in [5.41, 5.74) is 0.443. The van der Waals surface area contributed by atoms with Crippen LogP contribution >= 0.6 is 0 Å². The molecule has 2 rings (SSSR count). The molecule has 2 aliphatic heterocycles. The van der Waals surface area contributed by atoms with E-state index in [1.807, 2.05) is 0 Å². The second-order valence-electron chi connectivity index (χ2n) is 8.86. The van der Waals surface area contributed by atoms with Gasteiger partial charge in [0, 0.05) is 18.6 Å². The summed E-state index contributed by atoms with van der Waals surface area (Å²) in [6.45, 7) is 12.4. The van der Waals surface area contributed by atoms with Gasteiger partial charge in [0.2, 0.25) is 0 Å². The summed E-state index contributed by atoms with van der Waals surface area (Å²) < 4.78 is 0. The number of likely N-dealkylation sites (tertiary alicyclic amines) is 2. The van der Waals surface area contributed by atoms with Crippen LogP contribution in [0, 0.1) is 17.3 Å². The topological polar surface area (TPSA) is 6.48 Å².